The van der Waals surface area contributed by atoms with Gasteiger partial charge in [-0.2, -0.15) is 0 Å². The number of aryl methyl sites for hydroxylation is 4. The van der Waals surface area contributed by atoms with E-state index in [0.717, 1.165) is 33.4 Å². The Bertz CT molecular complexity index is 861. The van der Waals surface area contributed by atoms with Crippen molar-refractivity contribution in [2.45, 2.75) is 39.4 Å². The van der Waals surface area contributed by atoms with E-state index >= 15 is 0 Å². The maximum absolute atomic E-state index is 12.0. The van der Waals surface area contributed by atoms with Crippen LogP contribution in [-0.4, -0.2) is 10.2 Å². The lowest BCUT2D eigenvalue weighted by atomic mass is 9.75. The number of aliphatic hydroxyl groups excluding tert-OH is 1. The van der Waals surface area contributed by atoms with E-state index in [-0.39, 0.29) is 0 Å². The smallest absolute Gasteiger partial charge is 0.145 e. The highest BCUT2D eigenvalue weighted by molar-refractivity contribution is 5.48. The highest BCUT2D eigenvalue weighted by Gasteiger charge is 2.42. The molecule has 2 N–H and O–H groups in total. The summed E-state index contributed by atoms with van der Waals surface area (Å²) in [5.74, 6) is 0. The fraction of sp³-hybridized carbons (Fsp3) is 0.250. The molecule has 0 saturated heterocycles. The summed E-state index contributed by atoms with van der Waals surface area (Å²) in [5.41, 5.74) is 4.79. The van der Waals surface area contributed by atoms with Crippen molar-refractivity contribution in [1.82, 2.24) is 0 Å². The number of aliphatic hydroxyl groups is 2. The van der Waals surface area contributed by atoms with Gasteiger partial charge in [0.1, 0.15) is 11.7 Å². The summed E-state index contributed by atoms with van der Waals surface area (Å²) >= 11 is 0. The Morgan fingerprint density at radius 1 is 0.692 bits per heavy atom. The van der Waals surface area contributed by atoms with Crippen LogP contribution in [0.2, 0.25) is 0 Å². The molecule has 1 atom stereocenters. The molecule has 0 spiro atoms. The quantitative estimate of drug-likeness (QED) is 0.706. The van der Waals surface area contributed by atoms with Gasteiger partial charge in [0.15, 0.2) is 0 Å². The standard InChI is InChI=1S/C24H26O2/c1-16-10-12-21(18(3)14-16)24(26,22-13-11-17(2)15-19(22)4)23(25)20-8-6-5-7-9-20/h5-15,23,25-26H,1-4H3. The molecule has 26 heavy (non-hydrogen) atoms. The molecule has 0 aliphatic carbocycles. The SMILES string of the molecule is Cc1ccc(C(O)(c2ccc(C)cc2C)C(O)c2ccccc2)c(C)c1. The van der Waals surface area contributed by atoms with Crippen molar-refractivity contribution in [3.8, 4) is 0 Å². The van der Waals surface area contributed by atoms with E-state index in [1.807, 2.05) is 94.4 Å². The summed E-state index contributed by atoms with van der Waals surface area (Å²) in [5, 5.41) is 23.3. The zero-order valence-electron chi connectivity index (χ0n) is 15.8. The summed E-state index contributed by atoms with van der Waals surface area (Å²) in [7, 11) is 0. The third kappa shape index (κ3) is 3.18. The van der Waals surface area contributed by atoms with E-state index in [4.69, 9.17) is 0 Å². The zero-order chi connectivity index (χ0) is 18.9. The Hall–Kier alpha value is -2.42. The summed E-state index contributed by atoms with van der Waals surface area (Å²) in [6.07, 6.45) is -1.08. The van der Waals surface area contributed by atoms with Crippen molar-refractivity contribution in [2.75, 3.05) is 0 Å². The van der Waals surface area contributed by atoms with Crippen molar-refractivity contribution in [1.29, 1.82) is 0 Å². The molecular weight excluding hydrogens is 320 g/mol. The maximum Gasteiger partial charge on any atom is 0.145 e. The van der Waals surface area contributed by atoms with E-state index in [1.165, 1.54) is 0 Å². The summed E-state index contributed by atoms with van der Waals surface area (Å²) in [4.78, 5) is 0. The largest absolute Gasteiger partial charge is 0.385 e. The first-order valence-corrected chi connectivity index (χ1v) is 8.95. The predicted octanol–water partition coefficient (Wildman–Crippen LogP) is 4.89. The topological polar surface area (TPSA) is 40.5 Å². The van der Waals surface area contributed by atoms with Crippen LogP contribution < -0.4 is 0 Å². The molecule has 0 aromatic heterocycles. The van der Waals surface area contributed by atoms with Crippen molar-refractivity contribution >= 4 is 0 Å². The Morgan fingerprint density at radius 2 is 1.15 bits per heavy atom. The van der Waals surface area contributed by atoms with E-state index < -0.39 is 11.7 Å². The van der Waals surface area contributed by atoms with Crippen LogP contribution in [0.25, 0.3) is 0 Å². The number of hydrogen-bond donors (Lipinski definition) is 2. The lowest BCUT2D eigenvalue weighted by molar-refractivity contribution is -0.0525. The molecule has 3 aromatic rings. The average molecular weight is 346 g/mol. The molecule has 2 heteroatoms. The first kappa shape index (κ1) is 18.4. The lowest BCUT2D eigenvalue weighted by Crippen LogP contribution is -2.36. The first-order chi connectivity index (χ1) is 12.3. The van der Waals surface area contributed by atoms with E-state index in [2.05, 4.69) is 0 Å². The van der Waals surface area contributed by atoms with E-state index in [0.29, 0.717) is 5.56 Å². The second-order valence-electron chi connectivity index (χ2n) is 7.22. The minimum atomic E-state index is -1.53. The van der Waals surface area contributed by atoms with Crippen LogP contribution in [0.15, 0.2) is 66.7 Å². The number of rotatable bonds is 4. The van der Waals surface area contributed by atoms with Crippen LogP contribution in [0.3, 0.4) is 0 Å². The van der Waals surface area contributed by atoms with Gasteiger partial charge in [0.05, 0.1) is 0 Å². The normalized spacial score (nSPS) is 12.8. The molecule has 2 nitrogen and oxygen atoms in total. The highest BCUT2D eigenvalue weighted by Crippen LogP contribution is 2.43. The van der Waals surface area contributed by atoms with Gasteiger partial charge < -0.3 is 10.2 Å². The Kier molecular flexibility index (Phi) is 4.99. The number of hydrogen-bond acceptors (Lipinski definition) is 2. The second-order valence-corrected chi connectivity index (χ2v) is 7.22. The van der Waals surface area contributed by atoms with Crippen LogP contribution in [-0.2, 0) is 5.60 Å². The fourth-order valence-corrected chi connectivity index (χ4v) is 3.80. The molecule has 0 radical (unpaired) electrons. The van der Waals surface area contributed by atoms with Crippen molar-refractivity contribution in [3.63, 3.8) is 0 Å². The van der Waals surface area contributed by atoms with Crippen LogP contribution in [0, 0.1) is 27.7 Å². The minimum Gasteiger partial charge on any atom is -0.385 e. The van der Waals surface area contributed by atoms with Gasteiger partial charge in [0.2, 0.25) is 0 Å². The van der Waals surface area contributed by atoms with Gasteiger partial charge in [-0.1, -0.05) is 77.9 Å². The Labute approximate surface area is 155 Å². The van der Waals surface area contributed by atoms with Gasteiger partial charge in [-0.25, -0.2) is 0 Å². The molecule has 1 unspecified atom stereocenters. The van der Waals surface area contributed by atoms with E-state index in [1.54, 1.807) is 0 Å². The van der Waals surface area contributed by atoms with Crippen molar-refractivity contribution in [3.05, 3.63) is 106 Å². The molecule has 0 amide bonds. The zero-order valence-corrected chi connectivity index (χ0v) is 15.8. The van der Waals surface area contributed by atoms with Crippen LogP contribution >= 0.6 is 0 Å². The molecule has 0 bridgehead atoms. The third-order valence-corrected chi connectivity index (χ3v) is 5.10. The Morgan fingerprint density at radius 3 is 1.58 bits per heavy atom. The summed E-state index contributed by atoms with van der Waals surface area (Å²) in [6.45, 7) is 8.02. The van der Waals surface area contributed by atoms with Crippen LogP contribution in [0.5, 0.6) is 0 Å². The Balaban J connectivity index is 2.28. The van der Waals surface area contributed by atoms with Crippen LogP contribution in [0.1, 0.15) is 45.0 Å². The summed E-state index contributed by atoms with van der Waals surface area (Å²) < 4.78 is 0. The molecule has 3 aromatic carbocycles. The predicted molar refractivity (Wildman–Crippen MR) is 106 cm³/mol. The molecular formula is C24H26O2. The molecule has 0 aliphatic heterocycles. The third-order valence-electron chi connectivity index (χ3n) is 5.10. The maximum atomic E-state index is 12.0. The van der Waals surface area contributed by atoms with Crippen molar-refractivity contribution in [2.24, 2.45) is 0 Å². The fourth-order valence-electron chi connectivity index (χ4n) is 3.80. The molecule has 134 valence electrons. The monoisotopic (exact) mass is 346 g/mol. The van der Waals surface area contributed by atoms with Gasteiger partial charge in [-0.05, 0) is 55.5 Å². The van der Waals surface area contributed by atoms with Gasteiger partial charge in [0.25, 0.3) is 0 Å². The molecule has 0 fully saturated rings. The minimum absolute atomic E-state index is 0.690. The highest BCUT2D eigenvalue weighted by atomic mass is 16.3. The first-order valence-electron chi connectivity index (χ1n) is 8.95. The van der Waals surface area contributed by atoms with Gasteiger partial charge in [-0.3, -0.25) is 0 Å². The van der Waals surface area contributed by atoms with Gasteiger partial charge in [-0.15, -0.1) is 0 Å². The van der Waals surface area contributed by atoms with Gasteiger partial charge in [0, 0.05) is 0 Å². The number of benzene rings is 3. The average Bonchev–Trinajstić information content (AvgIpc) is 2.61. The van der Waals surface area contributed by atoms with Gasteiger partial charge >= 0.3 is 0 Å². The molecule has 0 saturated carbocycles. The summed E-state index contributed by atoms with van der Waals surface area (Å²) in [6, 6.07) is 21.3. The van der Waals surface area contributed by atoms with Crippen LogP contribution in [0.4, 0.5) is 0 Å². The molecule has 0 heterocycles. The molecule has 3 rings (SSSR count). The second kappa shape index (κ2) is 7.06. The molecule has 0 aliphatic rings. The van der Waals surface area contributed by atoms with E-state index in [9.17, 15) is 10.2 Å². The lowest BCUT2D eigenvalue weighted by Gasteiger charge is -2.37. The van der Waals surface area contributed by atoms with Crippen molar-refractivity contribution < 1.29 is 10.2 Å².